The van der Waals surface area contributed by atoms with Crippen molar-refractivity contribution < 1.29 is 41.1 Å². The van der Waals surface area contributed by atoms with E-state index in [1.807, 2.05) is 0 Å². The normalized spacial score (nSPS) is 27.1. The van der Waals surface area contributed by atoms with Gasteiger partial charge in [0.05, 0.1) is 17.7 Å². The zero-order chi connectivity index (χ0) is 19.2. The first kappa shape index (κ1) is 19.7. The molecule has 1 fully saturated rings. The molecule has 140 valence electrons. The number of nitrogens with zero attached hydrogens (tertiary/aromatic N) is 2. The second kappa shape index (κ2) is 6.29. The van der Waals surface area contributed by atoms with Crippen molar-refractivity contribution in [3.8, 4) is 0 Å². The fraction of sp³-hybridized carbons (Fsp3) is 0.500. The molecule has 1 aromatic heterocycles. The Kier molecular flexibility index (Phi) is 4.96. The van der Waals surface area contributed by atoms with E-state index in [4.69, 9.17) is 5.11 Å². The summed E-state index contributed by atoms with van der Waals surface area (Å²) in [5.74, 6) is -5.93. The number of alkyl halides is 5. The summed E-state index contributed by atoms with van der Waals surface area (Å²) in [4.78, 5) is 18.3. The summed E-state index contributed by atoms with van der Waals surface area (Å²) in [6, 6.07) is 1.83. The standard InChI is InChI=1S/C12H10BrF6N3O3/c1-10(7-5(14)2-3-6(13)20-7)4-22(21-9(23)24)25-8(11(10,15)16)12(17,18)19/h2-3,8,21H,4H2,1H3,(H,23,24)/t8-,10-/m1/s1. The second-order valence-electron chi connectivity index (χ2n) is 5.40. The van der Waals surface area contributed by atoms with Crippen LogP contribution < -0.4 is 5.43 Å². The van der Waals surface area contributed by atoms with Gasteiger partial charge in [-0.05, 0) is 35.0 Å². The van der Waals surface area contributed by atoms with Gasteiger partial charge < -0.3 is 5.11 Å². The van der Waals surface area contributed by atoms with Crippen LogP contribution in [0.2, 0.25) is 0 Å². The largest absolute Gasteiger partial charge is 0.464 e. The molecule has 0 saturated carbocycles. The summed E-state index contributed by atoms with van der Waals surface area (Å²) >= 11 is 2.84. The maximum atomic E-state index is 14.7. The van der Waals surface area contributed by atoms with Crippen molar-refractivity contribution in [1.82, 2.24) is 15.6 Å². The molecule has 1 aromatic rings. The van der Waals surface area contributed by atoms with Crippen LogP contribution >= 0.6 is 15.9 Å². The third-order valence-corrected chi connectivity index (χ3v) is 4.05. The molecule has 13 heteroatoms. The Hall–Kier alpha value is -1.60. The predicted molar refractivity (Wildman–Crippen MR) is 73.0 cm³/mol. The van der Waals surface area contributed by atoms with Gasteiger partial charge in [0.1, 0.15) is 10.4 Å². The van der Waals surface area contributed by atoms with Crippen LogP contribution in [-0.4, -0.2) is 46.1 Å². The number of carboxylic acid groups (broad SMARTS) is 1. The van der Waals surface area contributed by atoms with Crippen LogP contribution in [0, 0.1) is 5.82 Å². The molecule has 0 bridgehead atoms. The van der Waals surface area contributed by atoms with E-state index in [0.29, 0.717) is 6.92 Å². The van der Waals surface area contributed by atoms with E-state index >= 15 is 0 Å². The number of hydrogen-bond acceptors (Lipinski definition) is 4. The Balaban J connectivity index is 2.62. The van der Waals surface area contributed by atoms with Crippen molar-refractivity contribution in [2.24, 2.45) is 0 Å². The van der Waals surface area contributed by atoms with Crippen LogP contribution in [0.15, 0.2) is 16.7 Å². The quantitative estimate of drug-likeness (QED) is 0.548. The number of hydroxylamine groups is 1. The van der Waals surface area contributed by atoms with Crippen molar-refractivity contribution in [2.45, 2.75) is 30.5 Å². The monoisotopic (exact) mass is 437 g/mol. The Morgan fingerprint density at radius 1 is 1.48 bits per heavy atom. The zero-order valence-electron chi connectivity index (χ0n) is 12.2. The van der Waals surface area contributed by atoms with Gasteiger partial charge >= 0.3 is 12.3 Å². The molecule has 1 amide bonds. The molecule has 6 nitrogen and oxygen atoms in total. The van der Waals surface area contributed by atoms with Crippen molar-refractivity contribution in [3.63, 3.8) is 0 Å². The number of pyridine rings is 1. The van der Waals surface area contributed by atoms with E-state index in [1.54, 1.807) is 0 Å². The minimum absolute atomic E-state index is 0.0279. The Bertz CT molecular complexity index is 689. The Morgan fingerprint density at radius 3 is 2.60 bits per heavy atom. The Morgan fingerprint density at radius 2 is 2.08 bits per heavy atom. The van der Waals surface area contributed by atoms with Crippen molar-refractivity contribution in [1.29, 1.82) is 0 Å². The minimum atomic E-state index is -5.56. The summed E-state index contributed by atoms with van der Waals surface area (Å²) in [5.41, 5.74) is -2.42. The van der Waals surface area contributed by atoms with Gasteiger partial charge in [0.25, 0.3) is 5.92 Å². The summed E-state index contributed by atoms with van der Waals surface area (Å²) in [5, 5.41) is 8.60. The average Bonchev–Trinajstić information content (AvgIpc) is 2.43. The fourth-order valence-electron chi connectivity index (χ4n) is 2.39. The molecule has 0 radical (unpaired) electrons. The van der Waals surface area contributed by atoms with Crippen LogP contribution in [0.1, 0.15) is 12.6 Å². The van der Waals surface area contributed by atoms with E-state index in [0.717, 1.165) is 12.1 Å². The van der Waals surface area contributed by atoms with Crippen LogP contribution in [0.25, 0.3) is 0 Å². The zero-order valence-corrected chi connectivity index (χ0v) is 13.8. The van der Waals surface area contributed by atoms with Crippen LogP contribution in [-0.2, 0) is 10.3 Å². The summed E-state index contributed by atoms with van der Waals surface area (Å²) in [7, 11) is 0. The first-order valence-electron chi connectivity index (χ1n) is 6.50. The second-order valence-corrected chi connectivity index (χ2v) is 6.21. The number of hydrazine groups is 1. The van der Waals surface area contributed by atoms with Crippen molar-refractivity contribution in [2.75, 3.05) is 6.54 Å². The van der Waals surface area contributed by atoms with Gasteiger partial charge in [0.15, 0.2) is 0 Å². The molecule has 0 aliphatic carbocycles. The lowest BCUT2D eigenvalue weighted by molar-refractivity contribution is -0.401. The highest BCUT2D eigenvalue weighted by Gasteiger charge is 2.71. The van der Waals surface area contributed by atoms with Gasteiger partial charge in [-0.2, -0.15) is 13.2 Å². The average molecular weight is 438 g/mol. The van der Waals surface area contributed by atoms with Gasteiger partial charge in [-0.15, -0.1) is 0 Å². The summed E-state index contributed by atoms with van der Waals surface area (Å²) in [6.07, 6.45) is -11.1. The van der Waals surface area contributed by atoms with Crippen LogP contribution in [0.5, 0.6) is 0 Å². The van der Waals surface area contributed by atoms with E-state index in [9.17, 15) is 31.1 Å². The van der Waals surface area contributed by atoms with Crippen molar-refractivity contribution >= 4 is 22.0 Å². The lowest BCUT2D eigenvalue weighted by atomic mass is 9.75. The molecular formula is C12H10BrF6N3O3. The Labute approximate surface area is 144 Å². The first-order valence-corrected chi connectivity index (χ1v) is 7.29. The molecular weight excluding hydrogens is 428 g/mol. The van der Waals surface area contributed by atoms with E-state index < -0.39 is 47.8 Å². The molecule has 2 rings (SSSR count). The minimum Gasteiger partial charge on any atom is -0.464 e. The fourth-order valence-corrected chi connectivity index (χ4v) is 2.70. The third-order valence-electron chi connectivity index (χ3n) is 3.61. The molecule has 0 spiro atoms. The maximum Gasteiger partial charge on any atom is 0.422 e. The number of aromatic nitrogens is 1. The number of carbonyl (C=O) groups is 1. The molecule has 1 aliphatic heterocycles. The smallest absolute Gasteiger partial charge is 0.422 e. The highest BCUT2D eigenvalue weighted by molar-refractivity contribution is 9.10. The number of nitrogens with one attached hydrogen (secondary N) is 1. The van der Waals surface area contributed by atoms with E-state index in [1.165, 1.54) is 5.43 Å². The molecule has 2 heterocycles. The molecule has 2 atom stereocenters. The van der Waals surface area contributed by atoms with Gasteiger partial charge in [0.2, 0.25) is 6.10 Å². The summed E-state index contributed by atoms with van der Waals surface area (Å²) in [6.45, 7) is -0.484. The van der Waals surface area contributed by atoms with E-state index in [2.05, 4.69) is 25.8 Å². The third kappa shape index (κ3) is 3.53. The molecule has 0 aromatic carbocycles. The molecule has 2 N–H and O–H groups in total. The van der Waals surface area contributed by atoms with Gasteiger partial charge in [-0.1, -0.05) is 5.17 Å². The van der Waals surface area contributed by atoms with Gasteiger partial charge in [-0.25, -0.2) is 28.4 Å². The van der Waals surface area contributed by atoms with Crippen molar-refractivity contribution in [3.05, 3.63) is 28.2 Å². The molecule has 1 saturated heterocycles. The van der Waals surface area contributed by atoms with Crippen LogP contribution in [0.4, 0.5) is 31.1 Å². The molecule has 1 aliphatic rings. The number of rotatable bonds is 2. The van der Waals surface area contributed by atoms with Crippen LogP contribution in [0.3, 0.4) is 0 Å². The first-order chi connectivity index (χ1) is 11.3. The van der Waals surface area contributed by atoms with E-state index in [-0.39, 0.29) is 9.78 Å². The topological polar surface area (TPSA) is 74.7 Å². The highest BCUT2D eigenvalue weighted by Crippen LogP contribution is 2.50. The molecule has 25 heavy (non-hydrogen) atoms. The lowest BCUT2D eigenvalue weighted by Crippen LogP contribution is -2.69. The lowest BCUT2D eigenvalue weighted by Gasteiger charge is -2.48. The SMILES string of the molecule is C[C@]1(c2nc(Br)ccc2F)CN(NC(=O)O)O[C@@H](C(F)(F)F)C1(F)F. The van der Waals surface area contributed by atoms with Gasteiger partial charge in [0, 0.05) is 0 Å². The number of hydrogen-bond donors (Lipinski definition) is 2. The number of amides is 1. The maximum absolute atomic E-state index is 14.7. The summed E-state index contributed by atoms with van der Waals surface area (Å²) < 4.78 is 82.4. The predicted octanol–water partition coefficient (Wildman–Crippen LogP) is 3.24. The van der Waals surface area contributed by atoms with Gasteiger partial charge in [-0.3, -0.25) is 4.84 Å². The highest BCUT2D eigenvalue weighted by atomic mass is 79.9. The number of halogens is 7. The molecule has 0 unspecified atom stereocenters.